The Bertz CT molecular complexity index is 626. The predicted octanol–water partition coefficient (Wildman–Crippen LogP) is 2.98. The molecule has 0 spiro atoms. The summed E-state index contributed by atoms with van der Waals surface area (Å²) in [6.07, 6.45) is 2.18. The number of hydrogen-bond donors (Lipinski definition) is 1. The van der Waals surface area contributed by atoms with Crippen molar-refractivity contribution < 1.29 is 14.0 Å². The highest BCUT2D eigenvalue weighted by atomic mass is 35.5. The molecule has 1 aromatic rings. The van der Waals surface area contributed by atoms with Crippen LogP contribution in [0.3, 0.4) is 0 Å². The summed E-state index contributed by atoms with van der Waals surface area (Å²) in [6.45, 7) is 4.49. The van der Waals surface area contributed by atoms with Gasteiger partial charge in [-0.3, -0.25) is 0 Å². The number of nitrogens with zero attached hydrogens (tertiary/aromatic N) is 2. The van der Waals surface area contributed by atoms with E-state index in [1.807, 2.05) is 38.1 Å². The number of methoxy groups -OCH3 is 1. The number of nitrogens with two attached hydrogens (primary N) is 1. The number of ether oxygens (including phenoxy) is 1. The molecule has 0 aromatic heterocycles. The Labute approximate surface area is 164 Å². The van der Waals surface area contributed by atoms with Crippen LogP contribution >= 0.6 is 35.9 Å². The van der Waals surface area contributed by atoms with Crippen molar-refractivity contribution in [3.8, 4) is 11.9 Å². The molecule has 8 heteroatoms. The summed E-state index contributed by atoms with van der Waals surface area (Å²) in [5.74, 6) is 2.73. The number of amides is 1. The smallest absolute Gasteiger partial charge is 0.347 e. The maximum absolute atomic E-state index is 12.8. The summed E-state index contributed by atoms with van der Waals surface area (Å²) in [7, 11) is 1.64. The van der Waals surface area contributed by atoms with Gasteiger partial charge in [0.25, 0.3) is 0 Å². The van der Waals surface area contributed by atoms with Gasteiger partial charge in [0.2, 0.25) is 0 Å². The SMILES string of the molecule is COc1ccc(CSC(C)(C)[C@H](N)C(=O)[N+]2(C#N)CCSC2)cc1.Cl. The first-order chi connectivity index (χ1) is 11.3. The molecule has 1 heterocycles. The van der Waals surface area contributed by atoms with Crippen LogP contribution in [0.5, 0.6) is 5.75 Å². The van der Waals surface area contributed by atoms with E-state index in [0.29, 0.717) is 12.4 Å². The van der Waals surface area contributed by atoms with E-state index >= 15 is 0 Å². The summed E-state index contributed by atoms with van der Waals surface area (Å²) in [5, 5.41) is 9.47. The predicted molar refractivity (Wildman–Crippen MR) is 107 cm³/mol. The number of carbonyl (C=O) groups is 1. The van der Waals surface area contributed by atoms with E-state index in [9.17, 15) is 10.1 Å². The van der Waals surface area contributed by atoms with Crippen molar-refractivity contribution >= 4 is 41.8 Å². The second kappa shape index (κ2) is 9.15. The van der Waals surface area contributed by atoms with Crippen molar-refractivity contribution in [2.24, 2.45) is 5.73 Å². The van der Waals surface area contributed by atoms with Gasteiger partial charge in [0.1, 0.15) is 24.2 Å². The molecule has 0 radical (unpaired) electrons. The minimum absolute atomic E-state index is 0. The van der Waals surface area contributed by atoms with Crippen molar-refractivity contribution in [2.75, 3.05) is 25.3 Å². The highest BCUT2D eigenvalue weighted by molar-refractivity contribution is 8.00. The standard InChI is InChI=1S/C17H24N3O2S2.ClH/c1-17(2,24-10-13-4-6-14(22-3)7-5-13)15(19)16(21)20(11-18)8-9-23-12-20;/h4-7,15H,8-10,12,19H2,1-3H3;1H/q+1;/t15-,20?;/m1./s1. The molecular formula is C17H25ClN3O2S2+. The number of quaternary nitrogens is 1. The van der Waals surface area contributed by atoms with E-state index < -0.39 is 10.8 Å². The highest BCUT2D eigenvalue weighted by Crippen LogP contribution is 2.34. The topological polar surface area (TPSA) is 76.1 Å². The van der Waals surface area contributed by atoms with Gasteiger partial charge in [0.05, 0.1) is 7.11 Å². The maximum Gasteiger partial charge on any atom is 0.347 e. The Morgan fingerprint density at radius 3 is 2.60 bits per heavy atom. The molecular weight excluding hydrogens is 378 g/mol. The zero-order valence-corrected chi connectivity index (χ0v) is 17.2. The normalized spacial score (nSPS) is 21.1. The number of rotatable bonds is 6. The molecule has 1 fully saturated rings. The molecule has 1 aromatic carbocycles. The fourth-order valence-electron chi connectivity index (χ4n) is 2.45. The van der Waals surface area contributed by atoms with Crippen LogP contribution in [-0.2, 0) is 10.5 Å². The van der Waals surface area contributed by atoms with Gasteiger partial charge in [-0.25, -0.2) is 4.79 Å². The lowest BCUT2D eigenvalue weighted by molar-refractivity contribution is -0.767. The van der Waals surface area contributed by atoms with Gasteiger partial charge in [-0.1, -0.05) is 23.9 Å². The molecule has 0 bridgehead atoms. The summed E-state index contributed by atoms with van der Waals surface area (Å²) in [4.78, 5) is 12.8. The van der Waals surface area contributed by atoms with Gasteiger partial charge in [0, 0.05) is 16.3 Å². The van der Waals surface area contributed by atoms with E-state index in [1.54, 1.807) is 30.6 Å². The van der Waals surface area contributed by atoms with Crippen LogP contribution < -0.4 is 10.5 Å². The van der Waals surface area contributed by atoms with Crippen LogP contribution in [0.4, 0.5) is 0 Å². The van der Waals surface area contributed by atoms with Crippen LogP contribution in [0.15, 0.2) is 24.3 Å². The molecule has 0 aliphatic carbocycles. The minimum atomic E-state index is -0.681. The lowest BCUT2D eigenvalue weighted by Crippen LogP contribution is -2.59. The Morgan fingerprint density at radius 2 is 2.12 bits per heavy atom. The van der Waals surface area contributed by atoms with E-state index in [-0.39, 0.29) is 22.8 Å². The fraction of sp³-hybridized carbons (Fsp3) is 0.529. The first-order valence-corrected chi connectivity index (χ1v) is 9.92. The molecule has 1 aliphatic heterocycles. The van der Waals surface area contributed by atoms with Gasteiger partial charge < -0.3 is 10.5 Å². The first kappa shape index (κ1) is 22.1. The molecule has 1 aliphatic rings. The molecule has 2 rings (SSSR count). The Hall–Kier alpha value is -0.910. The van der Waals surface area contributed by atoms with Gasteiger partial charge in [0.15, 0.2) is 0 Å². The number of halogens is 1. The molecule has 138 valence electrons. The largest absolute Gasteiger partial charge is 0.497 e. The summed E-state index contributed by atoms with van der Waals surface area (Å²) in [5.41, 5.74) is 7.43. The molecule has 1 saturated heterocycles. The van der Waals surface area contributed by atoms with Crippen molar-refractivity contribution in [2.45, 2.75) is 30.4 Å². The zero-order valence-electron chi connectivity index (χ0n) is 14.7. The first-order valence-electron chi connectivity index (χ1n) is 7.78. The highest BCUT2D eigenvalue weighted by Gasteiger charge is 2.49. The third-order valence-corrected chi connectivity index (χ3v) is 6.90. The average molecular weight is 403 g/mol. The van der Waals surface area contributed by atoms with E-state index in [0.717, 1.165) is 22.8 Å². The van der Waals surface area contributed by atoms with Crippen LogP contribution in [0.1, 0.15) is 19.4 Å². The van der Waals surface area contributed by atoms with E-state index in [1.165, 1.54) is 0 Å². The van der Waals surface area contributed by atoms with Crippen LogP contribution in [0.25, 0.3) is 0 Å². The Morgan fingerprint density at radius 1 is 1.48 bits per heavy atom. The number of nitriles is 1. The Balaban J connectivity index is 0.00000312. The van der Waals surface area contributed by atoms with Gasteiger partial charge in [-0.05, 0) is 31.5 Å². The number of thioether (sulfide) groups is 2. The van der Waals surface area contributed by atoms with Gasteiger partial charge in [-0.15, -0.1) is 29.4 Å². The molecule has 2 N–H and O–H groups in total. The molecule has 25 heavy (non-hydrogen) atoms. The summed E-state index contributed by atoms with van der Waals surface area (Å²) in [6, 6.07) is 7.18. The zero-order chi connectivity index (χ0) is 17.8. The van der Waals surface area contributed by atoms with Gasteiger partial charge >= 0.3 is 12.1 Å². The fourth-order valence-corrected chi connectivity index (χ4v) is 4.66. The van der Waals surface area contributed by atoms with E-state index in [4.69, 9.17) is 10.5 Å². The van der Waals surface area contributed by atoms with Crippen molar-refractivity contribution in [3.63, 3.8) is 0 Å². The minimum Gasteiger partial charge on any atom is -0.497 e. The van der Waals surface area contributed by atoms with Crippen molar-refractivity contribution in [1.82, 2.24) is 0 Å². The second-order valence-electron chi connectivity index (χ2n) is 6.38. The number of hydrogen-bond acceptors (Lipinski definition) is 6. The molecule has 5 nitrogen and oxygen atoms in total. The van der Waals surface area contributed by atoms with Crippen molar-refractivity contribution in [3.05, 3.63) is 29.8 Å². The molecule has 1 unspecified atom stereocenters. The van der Waals surface area contributed by atoms with Crippen LogP contribution in [0, 0.1) is 11.5 Å². The van der Waals surface area contributed by atoms with Crippen LogP contribution in [0.2, 0.25) is 0 Å². The van der Waals surface area contributed by atoms with E-state index in [2.05, 4.69) is 6.19 Å². The second-order valence-corrected chi connectivity index (χ2v) is 9.09. The summed E-state index contributed by atoms with van der Waals surface area (Å²) < 4.78 is 4.54. The maximum atomic E-state index is 12.8. The summed E-state index contributed by atoms with van der Waals surface area (Å²) >= 11 is 3.27. The lowest BCUT2D eigenvalue weighted by atomic mass is 10.0. The van der Waals surface area contributed by atoms with Crippen molar-refractivity contribution in [1.29, 1.82) is 5.26 Å². The molecule has 2 atom stereocenters. The molecule has 0 saturated carbocycles. The average Bonchev–Trinajstić information content (AvgIpc) is 3.09. The monoisotopic (exact) mass is 402 g/mol. The Kier molecular flexibility index (Phi) is 8.10. The van der Waals surface area contributed by atoms with Crippen LogP contribution in [-0.4, -0.2) is 46.5 Å². The quantitative estimate of drug-likeness (QED) is 0.582. The number of carbonyl (C=O) groups excluding carboxylic acids is 1. The lowest BCUT2D eigenvalue weighted by Gasteiger charge is -2.32. The van der Waals surface area contributed by atoms with Gasteiger partial charge in [-0.2, -0.15) is 4.48 Å². The third-order valence-electron chi connectivity index (χ3n) is 4.33. The third kappa shape index (κ3) is 5.05. The number of benzene rings is 1. The molecule has 1 amide bonds.